The number of piperidine rings is 1. The van der Waals surface area contributed by atoms with Crippen LogP contribution in [0.25, 0.3) is 0 Å². The van der Waals surface area contributed by atoms with Crippen LogP contribution >= 0.6 is 0 Å². The summed E-state index contributed by atoms with van der Waals surface area (Å²) in [4.78, 5) is 14.3. The van der Waals surface area contributed by atoms with Crippen molar-refractivity contribution >= 4 is 5.97 Å². The van der Waals surface area contributed by atoms with Crippen molar-refractivity contribution in [2.24, 2.45) is 0 Å². The minimum Gasteiger partial charge on any atom is -0.465 e. The van der Waals surface area contributed by atoms with Crippen LogP contribution in [-0.4, -0.2) is 57.5 Å². The summed E-state index contributed by atoms with van der Waals surface area (Å²) >= 11 is 0. The maximum Gasteiger partial charge on any atom is 0.337 e. The molecule has 23 heavy (non-hydrogen) atoms. The lowest BCUT2D eigenvalue weighted by atomic mass is 10.00. The zero-order chi connectivity index (χ0) is 16.7. The zero-order valence-electron chi connectivity index (χ0n) is 14.1. The van der Waals surface area contributed by atoms with Crippen molar-refractivity contribution in [2.75, 3.05) is 40.5 Å². The maximum absolute atomic E-state index is 13.3. The first-order valence-corrected chi connectivity index (χ1v) is 8.32. The van der Waals surface area contributed by atoms with E-state index < -0.39 is 6.17 Å². The number of hydrogen-bond acceptors (Lipinski definition) is 5. The second-order valence-electron chi connectivity index (χ2n) is 5.92. The number of rotatable bonds is 4. The lowest BCUT2D eigenvalue weighted by molar-refractivity contribution is -0.135. The molecule has 2 heterocycles. The van der Waals surface area contributed by atoms with Crippen molar-refractivity contribution in [2.45, 2.75) is 38.3 Å². The summed E-state index contributed by atoms with van der Waals surface area (Å²) in [6.45, 7) is 2.66. The highest BCUT2D eigenvalue weighted by Gasteiger charge is 2.22. The summed E-state index contributed by atoms with van der Waals surface area (Å²) in [6.07, 6.45) is 4.67. The van der Waals surface area contributed by atoms with Crippen LogP contribution in [0.3, 0.4) is 0 Å². The fourth-order valence-corrected chi connectivity index (χ4v) is 3.04. The number of methoxy groups -OCH3 is 1. The van der Waals surface area contributed by atoms with Crippen molar-refractivity contribution in [1.82, 2.24) is 10.2 Å². The van der Waals surface area contributed by atoms with Crippen LogP contribution in [0.1, 0.15) is 32.1 Å². The molecule has 0 aromatic heterocycles. The van der Waals surface area contributed by atoms with Crippen LogP contribution in [0.5, 0.6) is 0 Å². The first kappa shape index (κ1) is 17.8. The Morgan fingerprint density at radius 2 is 2.09 bits per heavy atom. The van der Waals surface area contributed by atoms with Gasteiger partial charge in [-0.1, -0.05) is 5.57 Å². The number of halogens is 1. The van der Waals surface area contributed by atoms with Gasteiger partial charge < -0.3 is 19.7 Å². The van der Waals surface area contributed by atoms with Gasteiger partial charge in [0.2, 0.25) is 0 Å². The first-order chi connectivity index (χ1) is 11.2. The fourth-order valence-electron chi connectivity index (χ4n) is 3.04. The number of carbonyl (C=O) groups is 1. The van der Waals surface area contributed by atoms with Gasteiger partial charge in [-0.2, -0.15) is 0 Å². The number of likely N-dealkylation sites (tertiary alicyclic amines) is 1. The molecule has 2 saturated heterocycles. The van der Waals surface area contributed by atoms with Gasteiger partial charge in [0.05, 0.1) is 19.3 Å². The number of hydrogen-bond donors (Lipinski definition) is 1. The Labute approximate surface area is 137 Å². The zero-order valence-corrected chi connectivity index (χ0v) is 14.1. The maximum atomic E-state index is 13.3. The molecular weight excluding hydrogens is 299 g/mol. The van der Waals surface area contributed by atoms with Gasteiger partial charge in [0, 0.05) is 26.7 Å². The van der Waals surface area contributed by atoms with E-state index in [-0.39, 0.29) is 5.97 Å². The lowest BCUT2D eigenvalue weighted by Crippen LogP contribution is -2.38. The smallest absolute Gasteiger partial charge is 0.337 e. The SMILES string of the molecule is CN/C(=C\C(C(=O)OC)=C1/CCCOCC1)N1CCC(F)CC1. The average Bonchev–Trinajstić information content (AvgIpc) is 2.85. The van der Waals surface area contributed by atoms with Gasteiger partial charge in [0.15, 0.2) is 0 Å². The quantitative estimate of drug-likeness (QED) is 0.634. The molecule has 5 nitrogen and oxygen atoms in total. The molecule has 0 amide bonds. The Bertz CT molecular complexity index is 458. The predicted molar refractivity (Wildman–Crippen MR) is 86.6 cm³/mol. The molecule has 2 fully saturated rings. The first-order valence-electron chi connectivity index (χ1n) is 8.32. The van der Waals surface area contributed by atoms with Crippen LogP contribution < -0.4 is 5.32 Å². The molecule has 2 aliphatic rings. The second-order valence-corrected chi connectivity index (χ2v) is 5.92. The summed E-state index contributed by atoms with van der Waals surface area (Å²) in [5.74, 6) is 0.519. The predicted octanol–water partition coefficient (Wildman–Crippen LogP) is 2.15. The number of nitrogens with zero attached hydrogens (tertiary/aromatic N) is 1. The van der Waals surface area contributed by atoms with E-state index in [0.717, 1.165) is 37.3 Å². The van der Waals surface area contributed by atoms with Gasteiger partial charge in [0.25, 0.3) is 0 Å². The molecule has 2 rings (SSSR count). The number of esters is 1. The normalized spacial score (nSPS) is 23.3. The molecule has 0 unspecified atom stereocenters. The van der Waals surface area contributed by atoms with E-state index in [1.165, 1.54) is 7.11 Å². The monoisotopic (exact) mass is 326 g/mol. The number of nitrogens with one attached hydrogen (secondary N) is 1. The molecule has 0 aromatic carbocycles. The third kappa shape index (κ3) is 4.96. The van der Waals surface area contributed by atoms with E-state index in [2.05, 4.69) is 10.2 Å². The van der Waals surface area contributed by atoms with E-state index in [1.807, 2.05) is 13.1 Å². The summed E-state index contributed by atoms with van der Waals surface area (Å²) in [6, 6.07) is 0. The van der Waals surface area contributed by atoms with E-state index in [1.54, 1.807) is 0 Å². The Kier molecular flexibility index (Phi) is 6.89. The van der Waals surface area contributed by atoms with Crippen molar-refractivity contribution in [1.29, 1.82) is 0 Å². The summed E-state index contributed by atoms with van der Waals surface area (Å²) in [7, 11) is 3.22. The summed E-state index contributed by atoms with van der Waals surface area (Å²) < 4.78 is 23.8. The molecule has 130 valence electrons. The molecular formula is C17H27FN2O3. The molecule has 6 heteroatoms. The van der Waals surface area contributed by atoms with Gasteiger partial charge in [-0.15, -0.1) is 0 Å². The van der Waals surface area contributed by atoms with Crippen molar-refractivity contribution < 1.29 is 18.7 Å². The Hall–Kier alpha value is -1.56. The minimum atomic E-state index is -0.721. The average molecular weight is 326 g/mol. The van der Waals surface area contributed by atoms with Gasteiger partial charge in [-0.25, -0.2) is 9.18 Å². The van der Waals surface area contributed by atoms with Gasteiger partial charge in [-0.3, -0.25) is 0 Å². The van der Waals surface area contributed by atoms with E-state index in [0.29, 0.717) is 38.1 Å². The van der Waals surface area contributed by atoms with Crippen LogP contribution in [0.15, 0.2) is 23.0 Å². The Balaban J connectivity index is 2.26. The van der Waals surface area contributed by atoms with E-state index in [4.69, 9.17) is 9.47 Å². The third-order valence-corrected chi connectivity index (χ3v) is 4.40. The Morgan fingerprint density at radius 1 is 1.35 bits per heavy atom. The van der Waals surface area contributed by atoms with Crippen molar-refractivity contribution in [3.63, 3.8) is 0 Å². The standard InChI is InChI=1S/C17H27FN2O3/c1-19-16(20-8-5-14(18)6-9-20)12-15(17(21)22-2)13-4-3-10-23-11-7-13/h12,14,19H,3-11H2,1-2H3/b15-13-,16-12+. The second kappa shape index (κ2) is 8.91. The number of ether oxygens (including phenoxy) is 2. The van der Waals surface area contributed by atoms with Gasteiger partial charge in [0.1, 0.15) is 12.0 Å². The molecule has 0 spiro atoms. The highest BCUT2D eigenvalue weighted by molar-refractivity contribution is 5.92. The van der Waals surface area contributed by atoms with Crippen LogP contribution in [0.2, 0.25) is 0 Å². The van der Waals surface area contributed by atoms with E-state index >= 15 is 0 Å². The molecule has 2 aliphatic heterocycles. The van der Waals surface area contributed by atoms with Crippen LogP contribution in [0, 0.1) is 0 Å². The van der Waals surface area contributed by atoms with E-state index in [9.17, 15) is 9.18 Å². The number of alkyl halides is 1. The molecule has 0 bridgehead atoms. The molecule has 1 N–H and O–H groups in total. The topological polar surface area (TPSA) is 50.8 Å². The molecule has 0 radical (unpaired) electrons. The summed E-state index contributed by atoms with van der Waals surface area (Å²) in [5.41, 5.74) is 1.67. The molecule has 0 atom stereocenters. The van der Waals surface area contributed by atoms with Crippen molar-refractivity contribution in [3.8, 4) is 0 Å². The molecule has 0 aromatic rings. The Morgan fingerprint density at radius 3 is 2.74 bits per heavy atom. The highest BCUT2D eigenvalue weighted by Crippen LogP contribution is 2.23. The van der Waals surface area contributed by atoms with Gasteiger partial charge >= 0.3 is 5.97 Å². The minimum absolute atomic E-state index is 0.324. The van der Waals surface area contributed by atoms with Crippen LogP contribution in [0.4, 0.5) is 4.39 Å². The van der Waals surface area contributed by atoms with Gasteiger partial charge in [-0.05, 0) is 38.2 Å². The lowest BCUT2D eigenvalue weighted by Gasteiger charge is -2.32. The molecule has 0 aliphatic carbocycles. The largest absolute Gasteiger partial charge is 0.465 e. The number of carbonyl (C=O) groups excluding carboxylic acids is 1. The molecule has 0 saturated carbocycles. The van der Waals surface area contributed by atoms with Crippen LogP contribution in [-0.2, 0) is 14.3 Å². The third-order valence-electron chi connectivity index (χ3n) is 4.40. The highest BCUT2D eigenvalue weighted by atomic mass is 19.1. The fraction of sp³-hybridized carbons (Fsp3) is 0.706. The van der Waals surface area contributed by atoms with Crippen molar-refractivity contribution in [3.05, 3.63) is 23.0 Å². The summed E-state index contributed by atoms with van der Waals surface area (Å²) in [5, 5.41) is 3.14.